The molecule has 0 aromatic heterocycles. The number of rotatable bonds is 9. The van der Waals surface area contributed by atoms with Gasteiger partial charge < -0.3 is 20.6 Å². The minimum atomic E-state index is -0.168. The fourth-order valence-corrected chi connectivity index (χ4v) is 3.12. The molecule has 3 N–H and O–H groups in total. The molecule has 1 aromatic carbocycles. The van der Waals surface area contributed by atoms with Gasteiger partial charge >= 0.3 is 6.03 Å². The molecule has 5 heteroatoms. The quantitative estimate of drug-likeness (QED) is 0.601. The van der Waals surface area contributed by atoms with Gasteiger partial charge in [-0.3, -0.25) is 0 Å². The molecule has 0 bridgehead atoms. The Labute approximate surface area is 151 Å². The molecule has 0 radical (unpaired) electrons. The number of likely N-dealkylation sites (tertiary alicyclic amines) is 1. The summed E-state index contributed by atoms with van der Waals surface area (Å²) in [4.78, 5) is 14.5. The largest absolute Gasteiger partial charge is 0.396 e. The summed E-state index contributed by atoms with van der Waals surface area (Å²) in [5.74, 6) is 0. The number of urea groups is 1. The SMILES string of the molecule is CC(C)(CO)CCCNC(=O)Nc1cccc(CCN2CCCC2)c1. The number of carbonyl (C=O) groups excluding carboxylic acids is 1. The Bertz CT molecular complexity index is 539. The minimum absolute atomic E-state index is 0.0815. The maximum absolute atomic E-state index is 12.0. The lowest BCUT2D eigenvalue weighted by Crippen LogP contribution is -2.30. The third-order valence-electron chi connectivity index (χ3n) is 4.84. The van der Waals surface area contributed by atoms with Gasteiger partial charge in [-0.05, 0) is 68.3 Å². The summed E-state index contributed by atoms with van der Waals surface area (Å²) < 4.78 is 0. The van der Waals surface area contributed by atoms with Crippen molar-refractivity contribution in [1.29, 1.82) is 0 Å². The molecule has 1 aliphatic heterocycles. The van der Waals surface area contributed by atoms with Gasteiger partial charge in [-0.15, -0.1) is 0 Å². The van der Waals surface area contributed by atoms with Crippen LogP contribution in [-0.4, -0.2) is 48.8 Å². The second kappa shape index (κ2) is 9.78. The Hall–Kier alpha value is -1.59. The van der Waals surface area contributed by atoms with E-state index in [9.17, 15) is 9.90 Å². The molecule has 0 atom stereocenters. The number of anilines is 1. The first-order valence-corrected chi connectivity index (χ1v) is 9.45. The van der Waals surface area contributed by atoms with Gasteiger partial charge in [0.15, 0.2) is 0 Å². The number of nitrogens with zero attached hydrogens (tertiary/aromatic N) is 1. The summed E-state index contributed by atoms with van der Waals surface area (Å²) in [6.07, 6.45) is 5.40. The Morgan fingerprint density at radius 3 is 2.76 bits per heavy atom. The zero-order chi connectivity index (χ0) is 18.1. The van der Waals surface area contributed by atoms with Crippen LogP contribution in [0.25, 0.3) is 0 Å². The van der Waals surface area contributed by atoms with Crippen molar-refractivity contribution in [1.82, 2.24) is 10.2 Å². The molecule has 0 aliphatic carbocycles. The molecule has 1 saturated heterocycles. The molecular weight excluding hydrogens is 314 g/mol. The number of amides is 2. The van der Waals surface area contributed by atoms with Gasteiger partial charge in [0.25, 0.3) is 0 Å². The normalized spacial score (nSPS) is 15.3. The smallest absolute Gasteiger partial charge is 0.319 e. The van der Waals surface area contributed by atoms with Crippen molar-refractivity contribution < 1.29 is 9.90 Å². The molecule has 0 unspecified atom stereocenters. The van der Waals surface area contributed by atoms with E-state index >= 15 is 0 Å². The highest BCUT2D eigenvalue weighted by Gasteiger charge is 2.15. The highest BCUT2D eigenvalue weighted by atomic mass is 16.3. The Morgan fingerprint density at radius 2 is 2.04 bits per heavy atom. The molecule has 140 valence electrons. The summed E-state index contributed by atoms with van der Waals surface area (Å²) in [5, 5.41) is 15.0. The highest BCUT2D eigenvalue weighted by molar-refractivity contribution is 5.89. The topological polar surface area (TPSA) is 64.6 Å². The van der Waals surface area contributed by atoms with E-state index in [1.54, 1.807) is 0 Å². The van der Waals surface area contributed by atoms with Crippen LogP contribution in [0.2, 0.25) is 0 Å². The molecule has 25 heavy (non-hydrogen) atoms. The third kappa shape index (κ3) is 7.45. The Morgan fingerprint density at radius 1 is 1.28 bits per heavy atom. The van der Waals surface area contributed by atoms with Crippen LogP contribution in [0.4, 0.5) is 10.5 Å². The number of hydrogen-bond acceptors (Lipinski definition) is 3. The molecule has 1 fully saturated rings. The first-order valence-electron chi connectivity index (χ1n) is 9.45. The molecule has 1 aromatic rings. The van der Waals surface area contributed by atoms with Crippen LogP contribution in [0.1, 0.15) is 45.1 Å². The van der Waals surface area contributed by atoms with Gasteiger partial charge in [-0.1, -0.05) is 26.0 Å². The van der Waals surface area contributed by atoms with Crippen molar-refractivity contribution >= 4 is 11.7 Å². The maximum Gasteiger partial charge on any atom is 0.319 e. The van der Waals surface area contributed by atoms with E-state index in [2.05, 4.69) is 27.7 Å². The zero-order valence-corrected chi connectivity index (χ0v) is 15.7. The van der Waals surface area contributed by atoms with Gasteiger partial charge in [0.2, 0.25) is 0 Å². The number of nitrogens with one attached hydrogen (secondary N) is 2. The zero-order valence-electron chi connectivity index (χ0n) is 15.7. The molecule has 2 rings (SSSR count). The number of hydrogen-bond donors (Lipinski definition) is 3. The van der Waals surface area contributed by atoms with Crippen molar-refractivity contribution in [2.24, 2.45) is 5.41 Å². The molecule has 5 nitrogen and oxygen atoms in total. The lowest BCUT2D eigenvalue weighted by atomic mass is 9.89. The number of aliphatic hydroxyl groups excluding tert-OH is 1. The summed E-state index contributed by atoms with van der Waals surface area (Å²) in [5.41, 5.74) is 2.02. The first kappa shape index (κ1) is 19.7. The second-order valence-corrected chi connectivity index (χ2v) is 7.81. The van der Waals surface area contributed by atoms with E-state index in [1.165, 1.54) is 31.5 Å². The van der Waals surface area contributed by atoms with E-state index in [0.29, 0.717) is 6.54 Å². The van der Waals surface area contributed by atoms with Gasteiger partial charge in [0.05, 0.1) is 0 Å². The molecule has 2 amide bonds. The predicted molar refractivity (Wildman–Crippen MR) is 103 cm³/mol. The Balaban J connectivity index is 1.70. The Kier molecular flexibility index (Phi) is 7.72. The van der Waals surface area contributed by atoms with Gasteiger partial charge in [0.1, 0.15) is 0 Å². The summed E-state index contributed by atoms with van der Waals surface area (Å²) in [6, 6.07) is 7.94. The summed E-state index contributed by atoms with van der Waals surface area (Å²) >= 11 is 0. The van der Waals surface area contributed by atoms with Crippen LogP contribution in [0.3, 0.4) is 0 Å². The molecular formula is C20H33N3O2. The van der Waals surface area contributed by atoms with E-state index in [4.69, 9.17) is 0 Å². The van der Waals surface area contributed by atoms with Crippen LogP contribution in [0, 0.1) is 5.41 Å². The van der Waals surface area contributed by atoms with Crippen LogP contribution < -0.4 is 10.6 Å². The van der Waals surface area contributed by atoms with E-state index < -0.39 is 0 Å². The highest BCUT2D eigenvalue weighted by Crippen LogP contribution is 2.20. The number of benzene rings is 1. The fourth-order valence-electron chi connectivity index (χ4n) is 3.12. The minimum Gasteiger partial charge on any atom is -0.396 e. The first-order chi connectivity index (χ1) is 12.0. The van der Waals surface area contributed by atoms with Crippen molar-refractivity contribution in [2.45, 2.75) is 46.0 Å². The van der Waals surface area contributed by atoms with E-state index in [-0.39, 0.29) is 18.1 Å². The average molecular weight is 348 g/mol. The summed E-state index contributed by atoms with van der Waals surface area (Å²) in [7, 11) is 0. The molecule has 1 aliphatic rings. The van der Waals surface area contributed by atoms with Crippen LogP contribution >= 0.6 is 0 Å². The van der Waals surface area contributed by atoms with Crippen LogP contribution in [0.15, 0.2) is 24.3 Å². The number of aliphatic hydroxyl groups is 1. The molecule has 0 saturated carbocycles. The van der Waals surface area contributed by atoms with E-state index in [1.807, 2.05) is 26.0 Å². The second-order valence-electron chi connectivity index (χ2n) is 7.81. The maximum atomic E-state index is 12.0. The van der Waals surface area contributed by atoms with Crippen LogP contribution in [0.5, 0.6) is 0 Å². The monoisotopic (exact) mass is 347 g/mol. The standard InChI is InChI=1S/C20H33N3O2/c1-20(2,16-24)10-6-11-21-19(25)22-18-8-5-7-17(15-18)9-14-23-12-3-4-13-23/h5,7-8,15,24H,3-4,6,9-14,16H2,1-2H3,(H2,21,22,25). The summed E-state index contributed by atoms with van der Waals surface area (Å²) in [6.45, 7) is 8.37. The van der Waals surface area contributed by atoms with Crippen molar-refractivity contribution in [2.75, 3.05) is 38.1 Å². The van der Waals surface area contributed by atoms with Gasteiger partial charge in [0, 0.05) is 25.4 Å². The van der Waals surface area contributed by atoms with Gasteiger partial charge in [-0.2, -0.15) is 0 Å². The van der Waals surface area contributed by atoms with Crippen molar-refractivity contribution in [3.8, 4) is 0 Å². The third-order valence-corrected chi connectivity index (χ3v) is 4.84. The van der Waals surface area contributed by atoms with Gasteiger partial charge in [-0.25, -0.2) is 4.79 Å². The molecule has 0 spiro atoms. The van der Waals surface area contributed by atoms with Crippen molar-refractivity contribution in [3.05, 3.63) is 29.8 Å². The predicted octanol–water partition coefficient (Wildman–Crippen LogP) is 3.25. The number of carbonyl (C=O) groups is 1. The average Bonchev–Trinajstić information content (AvgIpc) is 3.11. The van der Waals surface area contributed by atoms with Crippen LogP contribution in [-0.2, 0) is 6.42 Å². The van der Waals surface area contributed by atoms with E-state index in [0.717, 1.165) is 31.5 Å². The molecule has 1 heterocycles. The fraction of sp³-hybridized carbons (Fsp3) is 0.650. The lowest BCUT2D eigenvalue weighted by molar-refractivity contribution is 0.148. The lowest BCUT2D eigenvalue weighted by Gasteiger charge is -2.21. The van der Waals surface area contributed by atoms with Crippen molar-refractivity contribution in [3.63, 3.8) is 0 Å².